The van der Waals surface area contributed by atoms with Gasteiger partial charge in [-0.3, -0.25) is 19.9 Å². The molecule has 134 valence electrons. The number of para-hydroxylation sites is 1. The number of rotatable bonds is 5. The number of anilines is 2. The topological polar surface area (TPSA) is 82.5 Å². The highest BCUT2D eigenvalue weighted by atomic mass is 32.2. The second-order valence-corrected chi connectivity index (χ2v) is 7.04. The Balaban J connectivity index is 1.66. The maximum Gasteiger partial charge on any atom is 0.247 e. The first-order valence-electron chi connectivity index (χ1n) is 8.08. The van der Waals surface area contributed by atoms with Crippen LogP contribution in [-0.4, -0.2) is 29.3 Å². The number of ether oxygens (including phenoxy) is 1. The van der Waals surface area contributed by atoms with Gasteiger partial charge in [-0.2, -0.15) is 0 Å². The normalized spacial score (nSPS) is 16.7. The lowest BCUT2D eigenvalue weighted by molar-refractivity contribution is -0.121. The van der Waals surface area contributed by atoms with Crippen molar-refractivity contribution in [2.75, 3.05) is 17.3 Å². The van der Waals surface area contributed by atoms with E-state index in [0.717, 1.165) is 17.3 Å². The van der Waals surface area contributed by atoms with Crippen LogP contribution in [0.5, 0.6) is 5.75 Å². The van der Waals surface area contributed by atoms with Crippen LogP contribution >= 0.6 is 11.8 Å². The standard InChI is InChI=1S/C19H19N3O3S/c1-12-5-3-4-6-15(12)22-18(24)16(26-19(22)20)11-17(23)21-13-7-9-14(25-2)10-8-13/h3-10,16,20H,11H2,1-2H3,(H,21,23)/t16-/m0/s1. The number of hydrogen-bond acceptors (Lipinski definition) is 5. The molecule has 1 saturated heterocycles. The van der Waals surface area contributed by atoms with Gasteiger partial charge in [-0.15, -0.1) is 0 Å². The van der Waals surface area contributed by atoms with Gasteiger partial charge in [-0.1, -0.05) is 30.0 Å². The molecule has 0 unspecified atom stereocenters. The maximum absolute atomic E-state index is 12.7. The van der Waals surface area contributed by atoms with Gasteiger partial charge in [0.05, 0.1) is 12.8 Å². The summed E-state index contributed by atoms with van der Waals surface area (Å²) in [5.41, 5.74) is 2.24. The highest BCUT2D eigenvalue weighted by Crippen LogP contribution is 2.34. The van der Waals surface area contributed by atoms with E-state index >= 15 is 0 Å². The molecular formula is C19H19N3O3S. The number of carbonyl (C=O) groups is 2. The molecule has 1 aliphatic rings. The van der Waals surface area contributed by atoms with Gasteiger partial charge in [-0.25, -0.2) is 0 Å². The highest BCUT2D eigenvalue weighted by molar-refractivity contribution is 8.16. The Morgan fingerprint density at radius 2 is 1.92 bits per heavy atom. The van der Waals surface area contributed by atoms with E-state index < -0.39 is 5.25 Å². The van der Waals surface area contributed by atoms with Crippen molar-refractivity contribution in [3.8, 4) is 5.75 Å². The van der Waals surface area contributed by atoms with Crippen molar-refractivity contribution in [2.45, 2.75) is 18.6 Å². The van der Waals surface area contributed by atoms with Crippen LogP contribution in [0.1, 0.15) is 12.0 Å². The smallest absolute Gasteiger partial charge is 0.247 e. The van der Waals surface area contributed by atoms with E-state index in [9.17, 15) is 9.59 Å². The van der Waals surface area contributed by atoms with Crippen molar-refractivity contribution in [3.05, 3.63) is 54.1 Å². The average Bonchev–Trinajstić information content (AvgIpc) is 2.90. The predicted molar refractivity (Wildman–Crippen MR) is 104 cm³/mol. The lowest BCUT2D eigenvalue weighted by Crippen LogP contribution is -2.33. The number of benzene rings is 2. The first-order valence-corrected chi connectivity index (χ1v) is 8.96. The fraction of sp³-hybridized carbons (Fsp3) is 0.211. The Hall–Kier alpha value is -2.80. The SMILES string of the molecule is COc1ccc(NC(=O)C[C@@H]2SC(=N)N(c3ccccc3C)C2=O)cc1. The van der Waals surface area contributed by atoms with Crippen molar-refractivity contribution in [3.63, 3.8) is 0 Å². The minimum Gasteiger partial charge on any atom is -0.497 e. The molecular weight excluding hydrogens is 350 g/mol. The Morgan fingerprint density at radius 3 is 2.58 bits per heavy atom. The fourth-order valence-corrected chi connectivity index (χ4v) is 3.71. The number of hydrogen-bond donors (Lipinski definition) is 2. The van der Waals surface area contributed by atoms with Crippen LogP contribution in [0.2, 0.25) is 0 Å². The second-order valence-electron chi connectivity index (χ2n) is 5.85. The van der Waals surface area contributed by atoms with Crippen LogP contribution in [0.4, 0.5) is 11.4 Å². The van der Waals surface area contributed by atoms with E-state index in [1.54, 1.807) is 31.4 Å². The van der Waals surface area contributed by atoms with Gasteiger partial charge in [0.2, 0.25) is 11.8 Å². The lowest BCUT2D eigenvalue weighted by Gasteiger charge is -2.17. The molecule has 0 radical (unpaired) electrons. The average molecular weight is 369 g/mol. The summed E-state index contributed by atoms with van der Waals surface area (Å²) in [6.07, 6.45) is 0.0142. The number of nitrogens with zero attached hydrogens (tertiary/aromatic N) is 1. The third-order valence-corrected chi connectivity index (χ3v) is 5.11. The zero-order valence-corrected chi connectivity index (χ0v) is 15.3. The summed E-state index contributed by atoms with van der Waals surface area (Å²) in [7, 11) is 1.58. The van der Waals surface area contributed by atoms with E-state index in [-0.39, 0.29) is 23.4 Å². The predicted octanol–water partition coefficient (Wildman–Crippen LogP) is 3.42. The zero-order valence-electron chi connectivity index (χ0n) is 14.5. The molecule has 2 N–H and O–H groups in total. The van der Waals surface area contributed by atoms with E-state index in [0.29, 0.717) is 17.1 Å². The molecule has 26 heavy (non-hydrogen) atoms. The van der Waals surface area contributed by atoms with E-state index in [1.807, 2.05) is 31.2 Å². The first kappa shape index (κ1) is 18.0. The van der Waals surface area contributed by atoms with Crippen molar-refractivity contribution in [1.82, 2.24) is 0 Å². The summed E-state index contributed by atoms with van der Waals surface area (Å²) >= 11 is 1.11. The molecule has 0 saturated carbocycles. The largest absolute Gasteiger partial charge is 0.497 e. The number of thioether (sulfide) groups is 1. The summed E-state index contributed by atoms with van der Waals surface area (Å²) in [6.45, 7) is 1.89. The third-order valence-electron chi connectivity index (χ3n) is 4.05. The summed E-state index contributed by atoms with van der Waals surface area (Å²) in [6, 6.07) is 14.4. The van der Waals surface area contributed by atoms with Gasteiger partial charge in [-0.05, 0) is 42.8 Å². The minimum absolute atomic E-state index is 0.0142. The molecule has 6 nitrogen and oxygen atoms in total. The van der Waals surface area contributed by atoms with Crippen LogP contribution < -0.4 is 15.0 Å². The number of amidine groups is 1. The molecule has 3 rings (SSSR count). The first-order chi connectivity index (χ1) is 12.5. The molecule has 0 aliphatic carbocycles. The Bertz CT molecular complexity index is 851. The molecule has 1 aliphatic heterocycles. The molecule has 2 aromatic carbocycles. The molecule has 0 aromatic heterocycles. The maximum atomic E-state index is 12.7. The summed E-state index contributed by atoms with van der Waals surface area (Å²) in [5.74, 6) is 0.200. The lowest BCUT2D eigenvalue weighted by atomic mass is 10.1. The minimum atomic E-state index is -0.597. The van der Waals surface area contributed by atoms with E-state index in [4.69, 9.17) is 10.1 Å². The number of amides is 2. The summed E-state index contributed by atoms with van der Waals surface area (Å²) < 4.78 is 5.08. The van der Waals surface area contributed by atoms with Crippen LogP contribution in [0, 0.1) is 12.3 Å². The molecule has 2 aromatic rings. The quantitative estimate of drug-likeness (QED) is 0.846. The summed E-state index contributed by atoms with van der Waals surface area (Å²) in [5, 5.41) is 10.5. The van der Waals surface area contributed by atoms with Gasteiger partial charge in [0.1, 0.15) is 11.0 Å². The Labute approximate surface area is 156 Å². The molecule has 0 spiro atoms. The van der Waals surface area contributed by atoms with Crippen LogP contribution in [0.15, 0.2) is 48.5 Å². The Kier molecular flexibility index (Phi) is 5.27. The molecule has 1 atom stereocenters. The number of methoxy groups -OCH3 is 1. The molecule has 0 bridgehead atoms. The number of carbonyl (C=O) groups excluding carboxylic acids is 2. The van der Waals surface area contributed by atoms with E-state index in [2.05, 4.69) is 5.32 Å². The number of nitrogens with one attached hydrogen (secondary N) is 2. The van der Waals surface area contributed by atoms with Crippen molar-refractivity contribution >= 4 is 40.1 Å². The third kappa shape index (κ3) is 3.72. The molecule has 1 heterocycles. The van der Waals surface area contributed by atoms with Crippen molar-refractivity contribution in [2.24, 2.45) is 0 Å². The van der Waals surface area contributed by atoms with Gasteiger partial charge in [0, 0.05) is 12.1 Å². The monoisotopic (exact) mass is 369 g/mol. The molecule has 1 fully saturated rings. The Morgan fingerprint density at radius 1 is 1.23 bits per heavy atom. The van der Waals surface area contributed by atoms with Crippen LogP contribution in [0.3, 0.4) is 0 Å². The van der Waals surface area contributed by atoms with Crippen LogP contribution in [0.25, 0.3) is 0 Å². The summed E-state index contributed by atoms with van der Waals surface area (Å²) in [4.78, 5) is 26.4. The van der Waals surface area contributed by atoms with Crippen molar-refractivity contribution in [1.29, 1.82) is 5.41 Å². The fourth-order valence-electron chi connectivity index (χ4n) is 2.71. The highest BCUT2D eigenvalue weighted by Gasteiger charge is 2.39. The van der Waals surface area contributed by atoms with Gasteiger partial charge < -0.3 is 10.1 Å². The molecule has 2 amide bonds. The van der Waals surface area contributed by atoms with Crippen molar-refractivity contribution < 1.29 is 14.3 Å². The van der Waals surface area contributed by atoms with Gasteiger partial charge in [0.25, 0.3) is 0 Å². The van der Waals surface area contributed by atoms with E-state index in [1.165, 1.54) is 4.90 Å². The van der Waals surface area contributed by atoms with Gasteiger partial charge in [0.15, 0.2) is 5.17 Å². The molecule has 7 heteroatoms. The number of aryl methyl sites for hydroxylation is 1. The second kappa shape index (κ2) is 7.61. The zero-order chi connectivity index (χ0) is 18.7. The van der Waals surface area contributed by atoms with Gasteiger partial charge >= 0.3 is 0 Å². The van der Waals surface area contributed by atoms with Crippen LogP contribution in [-0.2, 0) is 9.59 Å².